The van der Waals surface area contributed by atoms with Crippen LogP contribution >= 0.6 is 11.6 Å². The number of amides is 1. The van der Waals surface area contributed by atoms with Gasteiger partial charge in [-0.1, -0.05) is 48.4 Å². The number of benzene rings is 2. The van der Waals surface area contributed by atoms with Crippen molar-refractivity contribution in [2.75, 3.05) is 7.11 Å². The molecule has 26 heavy (non-hydrogen) atoms. The molecule has 0 saturated heterocycles. The van der Waals surface area contributed by atoms with Crippen molar-refractivity contribution in [3.63, 3.8) is 0 Å². The molecule has 1 fully saturated rings. The number of halogens is 1. The summed E-state index contributed by atoms with van der Waals surface area (Å²) in [6.07, 6.45) is 4.03. The fourth-order valence-corrected chi connectivity index (χ4v) is 3.76. The van der Waals surface area contributed by atoms with Crippen LogP contribution in [0.5, 0.6) is 5.75 Å². The minimum absolute atomic E-state index is 0.137. The molecule has 0 bridgehead atoms. The Hall–Kier alpha value is -2.33. The number of hydrogen-bond acceptors (Lipinski definition) is 3. The third kappa shape index (κ3) is 4.07. The van der Waals surface area contributed by atoms with Crippen LogP contribution in [0.15, 0.2) is 53.5 Å². The van der Waals surface area contributed by atoms with Gasteiger partial charge in [0, 0.05) is 16.7 Å². The molecule has 0 aromatic heterocycles. The van der Waals surface area contributed by atoms with Crippen molar-refractivity contribution >= 4 is 23.2 Å². The fourth-order valence-electron chi connectivity index (χ4n) is 3.50. The summed E-state index contributed by atoms with van der Waals surface area (Å²) in [5.41, 5.74) is 8.52. The number of carbonyl (C=O) groups excluding carboxylic acids is 1. The summed E-state index contributed by atoms with van der Waals surface area (Å²) in [5, 5.41) is 0.743. The second-order valence-electron chi connectivity index (χ2n) is 6.52. The highest BCUT2D eigenvalue weighted by atomic mass is 35.5. The first-order chi connectivity index (χ1) is 12.6. The van der Waals surface area contributed by atoms with E-state index in [1.807, 2.05) is 48.5 Å². The number of rotatable bonds is 5. The topological polar surface area (TPSA) is 64.7 Å². The largest absolute Gasteiger partial charge is 0.497 e. The van der Waals surface area contributed by atoms with E-state index < -0.39 is 11.9 Å². The number of carbonyl (C=O) groups is 1. The molecule has 136 valence electrons. The van der Waals surface area contributed by atoms with E-state index in [2.05, 4.69) is 0 Å². The maximum absolute atomic E-state index is 12.1. The van der Waals surface area contributed by atoms with Crippen LogP contribution in [-0.2, 0) is 4.79 Å². The summed E-state index contributed by atoms with van der Waals surface area (Å²) in [4.78, 5) is 16.9. The van der Waals surface area contributed by atoms with E-state index in [-0.39, 0.29) is 5.92 Å². The minimum atomic E-state index is -0.695. The lowest BCUT2D eigenvalue weighted by atomic mass is 9.82. The third-order valence-electron chi connectivity index (χ3n) is 4.85. The lowest BCUT2D eigenvalue weighted by molar-refractivity contribution is -0.119. The van der Waals surface area contributed by atoms with Gasteiger partial charge in [-0.15, -0.1) is 0 Å². The zero-order valence-corrected chi connectivity index (χ0v) is 15.6. The Kier molecular flexibility index (Phi) is 5.94. The van der Waals surface area contributed by atoms with Gasteiger partial charge in [-0.25, -0.2) is 0 Å². The predicted octanol–water partition coefficient (Wildman–Crippen LogP) is 4.67. The molecule has 2 N–H and O–H groups in total. The summed E-state index contributed by atoms with van der Waals surface area (Å²) in [6.45, 7) is 0. The number of ether oxygens (including phenoxy) is 1. The first-order valence-corrected chi connectivity index (χ1v) is 9.22. The highest BCUT2D eigenvalue weighted by Gasteiger charge is 2.26. The molecule has 0 aliphatic heterocycles. The zero-order chi connectivity index (χ0) is 18.5. The SMILES string of the molecule is COc1ccc(C(N=C2CCCCC2c2ccccc2Cl)C(N)=O)cc1. The van der Waals surface area contributed by atoms with E-state index in [0.717, 1.165) is 53.3 Å². The van der Waals surface area contributed by atoms with Crippen molar-refractivity contribution in [1.82, 2.24) is 0 Å². The Labute approximate surface area is 159 Å². The molecule has 1 aliphatic rings. The van der Waals surface area contributed by atoms with Gasteiger partial charge in [-0.05, 0) is 48.6 Å². The van der Waals surface area contributed by atoms with E-state index in [0.29, 0.717) is 0 Å². The van der Waals surface area contributed by atoms with Gasteiger partial charge in [0.2, 0.25) is 5.91 Å². The molecule has 0 radical (unpaired) electrons. The van der Waals surface area contributed by atoms with Crippen LogP contribution in [0.3, 0.4) is 0 Å². The summed E-state index contributed by atoms with van der Waals surface area (Å²) in [6, 6.07) is 14.5. The van der Waals surface area contributed by atoms with Crippen LogP contribution in [0, 0.1) is 0 Å². The minimum Gasteiger partial charge on any atom is -0.497 e. The van der Waals surface area contributed by atoms with Gasteiger partial charge >= 0.3 is 0 Å². The maximum Gasteiger partial charge on any atom is 0.246 e. The fraction of sp³-hybridized carbons (Fsp3) is 0.333. The summed E-state index contributed by atoms with van der Waals surface area (Å²) in [5.74, 6) is 0.417. The van der Waals surface area contributed by atoms with E-state index >= 15 is 0 Å². The highest BCUT2D eigenvalue weighted by Crippen LogP contribution is 2.36. The Balaban J connectivity index is 1.96. The van der Waals surface area contributed by atoms with Gasteiger partial charge in [-0.3, -0.25) is 9.79 Å². The molecule has 5 heteroatoms. The van der Waals surface area contributed by atoms with Crippen LogP contribution in [-0.4, -0.2) is 18.7 Å². The number of primary amides is 1. The summed E-state index contributed by atoms with van der Waals surface area (Å²) >= 11 is 6.41. The van der Waals surface area contributed by atoms with Crippen molar-refractivity contribution < 1.29 is 9.53 Å². The van der Waals surface area contributed by atoms with Crippen molar-refractivity contribution in [3.05, 3.63) is 64.7 Å². The quantitative estimate of drug-likeness (QED) is 0.830. The standard InChI is InChI=1S/C21H23ClN2O2/c1-26-15-12-10-14(11-13-15)20(21(23)25)24-19-9-5-3-7-17(19)16-6-2-4-8-18(16)22/h2,4,6,8,10-13,17,20H,3,5,7,9H2,1H3,(H2,23,25). The number of hydrogen-bond donors (Lipinski definition) is 1. The monoisotopic (exact) mass is 370 g/mol. The molecule has 3 rings (SSSR count). The molecule has 1 amide bonds. The summed E-state index contributed by atoms with van der Waals surface area (Å²) in [7, 11) is 1.61. The normalized spacial score (nSPS) is 19.9. The van der Waals surface area contributed by atoms with E-state index in [4.69, 9.17) is 27.1 Å². The number of methoxy groups -OCH3 is 1. The first kappa shape index (κ1) is 18.5. The van der Waals surface area contributed by atoms with Gasteiger partial charge in [-0.2, -0.15) is 0 Å². The number of aliphatic imine (C=N–C) groups is 1. The average Bonchev–Trinajstić information content (AvgIpc) is 2.67. The Morgan fingerprint density at radius 3 is 2.58 bits per heavy atom. The van der Waals surface area contributed by atoms with E-state index in [1.165, 1.54) is 0 Å². The van der Waals surface area contributed by atoms with Crippen LogP contribution in [0.4, 0.5) is 0 Å². The Morgan fingerprint density at radius 2 is 1.92 bits per heavy atom. The molecule has 2 aromatic carbocycles. The van der Waals surface area contributed by atoms with Crippen molar-refractivity contribution in [2.24, 2.45) is 10.7 Å². The van der Waals surface area contributed by atoms with Crippen molar-refractivity contribution in [1.29, 1.82) is 0 Å². The smallest absolute Gasteiger partial charge is 0.246 e. The van der Waals surface area contributed by atoms with E-state index in [1.54, 1.807) is 7.11 Å². The zero-order valence-electron chi connectivity index (χ0n) is 14.8. The molecule has 1 saturated carbocycles. The first-order valence-electron chi connectivity index (χ1n) is 8.84. The highest BCUT2D eigenvalue weighted by molar-refractivity contribution is 6.31. The second kappa shape index (κ2) is 8.37. The number of nitrogens with zero attached hydrogens (tertiary/aromatic N) is 1. The summed E-state index contributed by atoms with van der Waals surface area (Å²) < 4.78 is 5.18. The molecule has 2 atom stereocenters. The second-order valence-corrected chi connectivity index (χ2v) is 6.93. The third-order valence-corrected chi connectivity index (χ3v) is 5.20. The molecule has 1 aliphatic carbocycles. The Morgan fingerprint density at radius 1 is 1.19 bits per heavy atom. The van der Waals surface area contributed by atoms with Gasteiger partial charge in [0.15, 0.2) is 6.04 Å². The molecule has 0 spiro atoms. The van der Waals surface area contributed by atoms with Gasteiger partial charge in [0.1, 0.15) is 5.75 Å². The van der Waals surface area contributed by atoms with Crippen LogP contribution < -0.4 is 10.5 Å². The van der Waals surface area contributed by atoms with Gasteiger partial charge < -0.3 is 10.5 Å². The maximum atomic E-state index is 12.1. The Bertz CT molecular complexity index is 802. The molecule has 2 aromatic rings. The van der Waals surface area contributed by atoms with Crippen LogP contribution in [0.2, 0.25) is 5.02 Å². The van der Waals surface area contributed by atoms with Crippen LogP contribution in [0.1, 0.15) is 48.8 Å². The lowest BCUT2D eigenvalue weighted by Crippen LogP contribution is -2.24. The molecular weight excluding hydrogens is 348 g/mol. The van der Waals surface area contributed by atoms with Crippen molar-refractivity contribution in [2.45, 2.75) is 37.6 Å². The molecule has 4 nitrogen and oxygen atoms in total. The lowest BCUT2D eigenvalue weighted by Gasteiger charge is -2.26. The predicted molar refractivity (Wildman–Crippen MR) is 105 cm³/mol. The van der Waals surface area contributed by atoms with Gasteiger partial charge in [0.05, 0.1) is 7.11 Å². The van der Waals surface area contributed by atoms with Crippen LogP contribution in [0.25, 0.3) is 0 Å². The van der Waals surface area contributed by atoms with Crippen molar-refractivity contribution in [3.8, 4) is 5.75 Å². The average molecular weight is 371 g/mol. The van der Waals surface area contributed by atoms with E-state index in [9.17, 15) is 4.79 Å². The molecule has 2 unspecified atom stereocenters. The molecule has 0 heterocycles. The number of nitrogens with two attached hydrogens (primary N) is 1. The molecular formula is C21H23ClN2O2. The van der Waals surface area contributed by atoms with Gasteiger partial charge in [0.25, 0.3) is 0 Å².